The zero-order chi connectivity index (χ0) is 19.4. The Morgan fingerprint density at radius 2 is 1.31 bits per heavy atom. The molecule has 26 heavy (non-hydrogen) atoms. The number of hydrogen-bond acceptors (Lipinski definition) is 4. The molecule has 0 saturated heterocycles. The van der Waals surface area contributed by atoms with Gasteiger partial charge in [-0.15, -0.1) is 0 Å². The summed E-state index contributed by atoms with van der Waals surface area (Å²) >= 11 is 12.6. The molecule has 0 fully saturated rings. The van der Waals surface area contributed by atoms with Crippen LogP contribution < -0.4 is 0 Å². The molecule has 0 saturated carbocycles. The number of hydrogen-bond donors (Lipinski definition) is 2. The van der Waals surface area contributed by atoms with Gasteiger partial charge in [-0.3, -0.25) is 9.46 Å². The predicted octanol–water partition coefficient (Wildman–Crippen LogP) is 3.72. The van der Waals surface area contributed by atoms with Crippen molar-refractivity contribution in [2.24, 2.45) is 0 Å². The highest BCUT2D eigenvalue weighted by Gasteiger charge is 2.56. The van der Waals surface area contributed by atoms with Gasteiger partial charge < -0.3 is 9.79 Å². The van der Waals surface area contributed by atoms with Crippen LogP contribution in [0.25, 0.3) is 0 Å². The monoisotopic (exact) mass is 409 g/mol. The van der Waals surface area contributed by atoms with Crippen molar-refractivity contribution >= 4 is 30.8 Å². The summed E-state index contributed by atoms with van der Waals surface area (Å²) in [6.07, 6.45) is 0. The molecule has 2 rings (SSSR count). The molecule has 0 aliphatic carbocycles. The van der Waals surface area contributed by atoms with Crippen LogP contribution in [-0.4, -0.2) is 27.8 Å². The van der Waals surface area contributed by atoms with Gasteiger partial charge in [-0.1, -0.05) is 59.6 Å². The normalized spacial score (nSPS) is 11.8. The molecule has 0 amide bonds. The summed E-state index contributed by atoms with van der Waals surface area (Å²) in [6, 6.07) is 15.9. The molecule has 0 atom stereocenters. The Morgan fingerprint density at radius 1 is 0.923 bits per heavy atom. The summed E-state index contributed by atoms with van der Waals surface area (Å²) in [7, 11) is -5.07. The fourth-order valence-corrected chi connectivity index (χ4v) is 5.13. The van der Waals surface area contributed by atoms with Crippen molar-refractivity contribution in [1.82, 2.24) is 4.90 Å². The second-order valence-electron chi connectivity index (χ2n) is 5.35. The Morgan fingerprint density at radius 3 is 1.62 bits per heavy atom. The van der Waals surface area contributed by atoms with E-state index in [2.05, 4.69) is 0 Å². The molecule has 0 aliphatic rings. The van der Waals surface area contributed by atoms with Gasteiger partial charge in [-0.05, 0) is 12.1 Å². The first-order chi connectivity index (χ1) is 12.3. The van der Waals surface area contributed by atoms with Crippen LogP contribution in [0.15, 0.2) is 48.5 Å². The van der Waals surface area contributed by atoms with Crippen molar-refractivity contribution in [2.45, 2.75) is 5.28 Å². The van der Waals surface area contributed by atoms with E-state index in [1.165, 1.54) is 24.3 Å². The van der Waals surface area contributed by atoms with Gasteiger partial charge in [0.05, 0.1) is 25.2 Å². The lowest BCUT2D eigenvalue weighted by Gasteiger charge is -2.43. The summed E-state index contributed by atoms with van der Waals surface area (Å²) in [5.74, 6) is 0. The van der Waals surface area contributed by atoms with E-state index in [0.29, 0.717) is 0 Å². The molecule has 9 heteroatoms. The van der Waals surface area contributed by atoms with Gasteiger partial charge in [0.25, 0.3) is 0 Å². The standard InChI is InChI=1S/C17H14Cl2N3O3P/c18-15-7-3-1-5-13(15)17(26(23,24)25,22(11-9-20)12-10-21)14-6-2-4-8-16(14)19/h1-8H,11-12H2,(H2,23,24,25). The van der Waals surface area contributed by atoms with Crippen LogP contribution in [0.4, 0.5) is 0 Å². The smallest absolute Gasteiger partial charge is 0.323 e. The van der Waals surface area contributed by atoms with Gasteiger partial charge in [0.2, 0.25) is 0 Å². The summed E-state index contributed by atoms with van der Waals surface area (Å²) in [6.45, 7) is -0.843. The van der Waals surface area contributed by atoms with E-state index < -0.39 is 26.0 Å². The minimum Gasteiger partial charge on any atom is -0.323 e. The van der Waals surface area contributed by atoms with E-state index in [9.17, 15) is 24.9 Å². The predicted molar refractivity (Wildman–Crippen MR) is 98.5 cm³/mol. The first-order valence-corrected chi connectivity index (χ1v) is 9.72. The maximum absolute atomic E-state index is 12.9. The lowest BCUT2D eigenvalue weighted by Crippen LogP contribution is -2.47. The second-order valence-corrected chi connectivity index (χ2v) is 7.90. The van der Waals surface area contributed by atoms with Crippen LogP contribution in [0.2, 0.25) is 10.0 Å². The van der Waals surface area contributed by atoms with Gasteiger partial charge in [0.1, 0.15) is 0 Å². The van der Waals surface area contributed by atoms with Crippen LogP contribution in [0.1, 0.15) is 11.1 Å². The quantitative estimate of drug-likeness (QED) is 0.555. The van der Waals surface area contributed by atoms with E-state index in [-0.39, 0.29) is 21.2 Å². The molecule has 134 valence electrons. The minimum absolute atomic E-state index is 0.0635. The van der Waals surface area contributed by atoms with E-state index in [1.54, 1.807) is 24.3 Å². The summed E-state index contributed by atoms with van der Waals surface area (Å²) in [5.41, 5.74) is 0.127. The van der Waals surface area contributed by atoms with E-state index >= 15 is 0 Å². The van der Waals surface area contributed by atoms with Crippen LogP contribution >= 0.6 is 30.8 Å². The van der Waals surface area contributed by atoms with Crippen LogP contribution in [0, 0.1) is 22.7 Å². The summed E-state index contributed by atoms with van der Waals surface area (Å²) in [4.78, 5) is 22.0. The molecule has 0 spiro atoms. The molecule has 2 aromatic rings. The van der Waals surface area contributed by atoms with E-state index in [4.69, 9.17) is 23.2 Å². The van der Waals surface area contributed by atoms with E-state index in [0.717, 1.165) is 4.90 Å². The van der Waals surface area contributed by atoms with Gasteiger partial charge >= 0.3 is 7.60 Å². The highest BCUT2D eigenvalue weighted by molar-refractivity contribution is 7.53. The van der Waals surface area contributed by atoms with Crippen molar-refractivity contribution in [1.29, 1.82) is 10.5 Å². The Labute approximate surface area is 161 Å². The van der Waals surface area contributed by atoms with E-state index in [1.807, 2.05) is 12.1 Å². The molecule has 0 aromatic heterocycles. The number of benzene rings is 2. The average Bonchev–Trinajstić information content (AvgIpc) is 2.57. The molecule has 0 radical (unpaired) electrons. The minimum atomic E-state index is -5.07. The van der Waals surface area contributed by atoms with Gasteiger partial charge in [-0.25, -0.2) is 0 Å². The van der Waals surface area contributed by atoms with Crippen molar-refractivity contribution < 1.29 is 14.4 Å². The highest BCUT2D eigenvalue weighted by atomic mass is 35.5. The van der Waals surface area contributed by atoms with Gasteiger partial charge in [0, 0.05) is 21.2 Å². The number of halogens is 2. The Balaban J connectivity index is 3.03. The molecule has 2 N–H and O–H groups in total. The molecule has 0 bridgehead atoms. The first kappa shape index (κ1) is 20.4. The fraction of sp³-hybridized carbons (Fsp3) is 0.176. The average molecular weight is 410 g/mol. The van der Waals surface area contributed by atoms with Gasteiger partial charge in [-0.2, -0.15) is 10.5 Å². The third kappa shape index (κ3) is 3.49. The third-order valence-corrected chi connectivity index (χ3v) is 6.17. The van der Waals surface area contributed by atoms with Gasteiger partial charge in [0.15, 0.2) is 5.28 Å². The zero-order valence-corrected chi connectivity index (χ0v) is 15.8. The maximum atomic E-state index is 12.9. The van der Waals surface area contributed by atoms with Crippen LogP contribution in [0.3, 0.4) is 0 Å². The lowest BCUT2D eigenvalue weighted by molar-refractivity contribution is 0.192. The molecule has 2 aromatic carbocycles. The fourth-order valence-electron chi connectivity index (χ4n) is 2.93. The zero-order valence-electron chi connectivity index (χ0n) is 13.4. The molecular weight excluding hydrogens is 396 g/mol. The Hall–Kier alpha value is -1.89. The molecule has 0 heterocycles. The maximum Gasteiger partial charge on any atom is 0.354 e. The topological polar surface area (TPSA) is 108 Å². The van der Waals surface area contributed by atoms with Crippen molar-refractivity contribution in [2.75, 3.05) is 13.1 Å². The van der Waals surface area contributed by atoms with Crippen LogP contribution in [-0.2, 0) is 9.85 Å². The summed E-state index contributed by atoms with van der Waals surface area (Å²) in [5, 5.41) is 16.4. The molecule has 0 unspecified atom stereocenters. The third-order valence-electron chi connectivity index (χ3n) is 3.90. The van der Waals surface area contributed by atoms with Crippen molar-refractivity contribution in [3.63, 3.8) is 0 Å². The lowest BCUT2D eigenvalue weighted by atomic mass is 9.95. The second kappa shape index (κ2) is 8.20. The molecule has 0 aliphatic heterocycles. The highest BCUT2D eigenvalue weighted by Crippen LogP contribution is 2.64. The number of nitriles is 2. The van der Waals surface area contributed by atoms with Crippen molar-refractivity contribution in [3.8, 4) is 12.1 Å². The summed E-state index contributed by atoms with van der Waals surface area (Å²) < 4.78 is 12.9. The van der Waals surface area contributed by atoms with Crippen molar-refractivity contribution in [3.05, 3.63) is 69.7 Å². The molecule has 6 nitrogen and oxygen atoms in total. The Bertz CT molecular complexity index is 872. The SMILES string of the molecule is N#CCN(CC#N)C(c1ccccc1Cl)(c1ccccc1Cl)P(=O)(O)O. The Kier molecular flexibility index (Phi) is 6.44. The largest absolute Gasteiger partial charge is 0.354 e. The van der Waals surface area contributed by atoms with Crippen LogP contribution in [0.5, 0.6) is 0 Å². The number of rotatable bonds is 6. The first-order valence-electron chi connectivity index (χ1n) is 7.35. The molecular formula is C17H14Cl2N3O3P. The number of nitrogens with zero attached hydrogens (tertiary/aromatic N) is 3.